The van der Waals surface area contributed by atoms with Gasteiger partial charge in [-0.05, 0) is 140 Å². The quantitative estimate of drug-likeness (QED) is 0.0174. The minimum atomic E-state index is -0.736. The van der Waals surface area contributed by atoms with Crippen LogP contribution < -0.4 is 26.6 Å². The molecule has 0 aliphatic carbocycles. The average Bonchev–Trinajstić information content (AvgIpc) is 3.25. The number of carbonyl (C=O) groups is 5. The summed E-state index contributed by atoms with van der Waals surface area (Å²) >= 11 is 0. The molecule has 0 aliphatic rings. The van der Waals surface area contributed by atoms with Gasteiger partial charge in [-0.1, -0.05) is 57.4 Å². The molecule has 16 nitrogen and oxygen atoms in total. The van der Waals surface area contributed by atoms with Crippen molar-refractivity contribution in [2.75, 3.05) is 35.8 Å². The van der Waals surface area contributed by atoms with Crippen LogP contribution in [0, 0.1) is 5.92 Å². The summed E-state index contributed by atoms with van der Waals surface area (Å²) in [5.74, 6) is -2.17. The third-order valence-electron chi connectivity index (χ3n) is 9.42. The molecule has 0 spiro atoms. The van der Waals surface area contributed by atoms with E-state index in [-0.39, 0.29) is 42.2 Å². The highest BCUT2D eigenvalue weighted by Gasteiger charge is 2.25. The van der Waals surface area contributed by atoms with Gasteiger partial charge >= 0.3 is 17.9 Å². The molecule has 1 heterocycles. The first-order valence-corrected chi connectivity index (χ1v) is 22.3. The number of hydrogen-bond donors (Lipinski definition) is 5. The fourth-order valence-corrected chi connectivity index (χ4v) is 6.12. The number of benzene rings is 3. The van der Waals surface area contributed by atoms with E-state index in [2.05, 4.69) is 55.4 Å². The number of aromatic nitrogens is 3. The Balaban J connectivity index is 1.63. The Morgan fingerprint density at radius 2 is 0.939 bits per heavy atom. The first kappa shape index (κ1) is 51.5. The first-order valence-electron chi connectivity index (χ1n) is 22.3. The van der Waals surface area contributed by atoms with Crippen molar-refractivity contribution in [1.29, 1.82) is 0 Å². The Labute approximate surface area is 387 Å². The molecule has 0 radical (unpaired) electrons. The summed E-state index contributed by atoms with van der Waals surface area (Å²) in [7, 11) is 0. The number of nitrogens with one attached hydrogen (secondary N) is 5. The average molecular weight is 905 g/mol. The van der Waals surface area contributed by atoms with Crippen LogP contribution in [0.4, 0.5) is 34.9 Å². The van der Waals surface area contributed by atoms with Gasteiger partial charge in [0.25, 0.3) is 11.8 Å². The molecule has 2 amide bonds. The second-order valence-corrected chi connectivity index (χ2v) is 17.5. The zero-order valence-electron chi connectivity index (χ0n) is 39.7. The van der Waals surface area contributed by atoms with Crippen LogP contribution in [0.15, 0.2) is 83.9 Å². The van der Waals surface area contributed by atoms with E-state index in [4.69, 9.17) is 14.2 Å². The van der Waals surface area contributed by atoms with E-state index < -0.39 is 40.8 Å². The van der Waals surface area contributed by atoms with E-state index >= 15 is 0 Å². The lowest BCUT2D eigenvalue weighted by Gasteiger charge is -2.21. The van der Waals surface area contributed by atoms with Gasteiger partial charge in [-0.2, -0.15) is 15.0 Å². The third kappa shape index (κ3) is 17.1. The summed E-state index contributed by atoms with van der Waals surface area (Å²) in [5.41, 5.74) is 1.90. The van der Waals surface area contributed by atoms with Gasteiger partial charge in [0.15, 0.2) is 0 Å². The van der Waals surface area contributed by atoms with Crippen LogP contribution in [-0.4, -0.2) is 75.6 Å². The largest absolute Gasteiger partial charge is 0.462 e. The molecule has 0 fully saturated rings. The maximum absolute atomic E-state index is 13.0. The van der Waals surface area contributed by atoms with E-state index in [0.717, 1.165) is 25.7 Å². The van der Waals surface area contributed by atoms with E-state index in [1.807, 2.05) is 41.5 Å². The van der Waals surface area contributed by atoms with Crippen LogP contribution in [0.5, 0.6) is 0 Å². The van der Waals surface area contributed by atoms with Crippen molar-refractivity contribution >= 4 is 76.8 Å². The van der Waals surface area contributed by atoms with E-state index in [1.165, 1.54) is 12.2 Å². The normalized spacial score (nSPS) is 12.3. The maximum Gasteiger partial charge on any atom is 0.343 e. The standard InChI is InChI=1S/C50H64N8O8/c1-11-15-16-32(12-2)31-66-43(61)35-21-27-38(28-22-35)53-48-55-46(51-36-23-17-33(18-24-36)29-39(44(62)64-13-3)41(59)57-49(5,6)7)54-47(56-48)52-37-25-19-34(20-26-37)30-40(45(63)65-14-4)42(60)58-50(8,9)10/h17-30,32H,11-16,31H2,1-10H3,(H,57,59)(H,58,60)(H3,51,52,53,54,55,56)/b39-29+,40-30+. The number of carbonyl (C=O) groups excluding carboxylic acids is 5. The number of esters is 3. The number of hydrogen-bond acceptors (Lipinski definition) is 14. The van der Waals surface area contributed by atoms with Crippen LogP contribution in [-0.2, 0) is 33.4 Å². The zero-order chi connectivity index (χ0) is 48.4. The van der Waals surface area contributed by atoms with Crippen molar-refractivity contribution < 1.29 is 38.2 Å². The molecule has 5 N–H and O–H groups in total. The number of ether oxygens (including phenoxy) is 3. The molecular formula is C50H64N8O8. The number of nitrogens with zero attached hydrogens (tertiary/aromatic N) is 3. The highest BCUT2D eigenvalue weighted by molar-refractivity contribution is 6.20. The molecule has 0 saturated carbocycles. The maximum atomic E-state index is 13.0. The molecule has 16 heteroatoms. The van der Waals surface area contributed by atoms with Crippen molar-refractivity contribution in [3.63, 3.8) is 0 Å². The smallest absolute Gasteiger partial charge is 0.343 e. The Morgan fingerprint density at radius 1 is 0.561 bits per heavy atom. The summed E-state index contributed by atoms with van der Waals surface area (Å²) < 4.78 is 16.0. The summed E-state index contributed by atoms with van der Waals surface area (Å²) in [6.45, 7) is 19.1. The SMILES string of the molecule is CCCCC(CC)COC(=O)c1ccc(Nc2nc(Nc3ccc(/C=C(\C(=O)NC(C)(C)C)C(=O)OCC)cc3)nc(Nc3ccc(/C=C(\C(=O)NC(C)(C)C)C(=O)OCC)cc3)n2)cc1. The van der Waals surface area contributed by atoms with E-state index in [1.54, 1.807) is 86.6 Å². The zero-order valence-corrected chi connectivity index (χ0v) is 39.7. The van der Waals surface area contributed by atoms with Gasteiger partial charge in [-0.25, -0.2) is 14.4 Å². The van der Waals surface area contributed by atoms with Crippen LogP contribution in [0.2, 0.25) is 0 Å². The van der Waals surface area contributed by atoms with Gasteiger partial charge in [0.1, 0.15) is 11.1 Å². The van der Waals surface area contributed by atoms with Gasteiger partial charge in [-0.15, -0.1) is 0 Å². The third-order valence-corrected chi connectivity index (χ3v) is 9.42. The Morgan fingerprint density at radius 3 is 1.27 bits per heavy atom. The minimum absolute atomic E-state index is 0.110. The fraction of sp³-hybridized carbons (Fsp3) is 0.400. The van der Waals surface area contributed by atoms with E-state index in [9.17, 15) is 24.0 Å². The predicted molar refractivity (Wildman–Crippen MR) is 258 cm³/mol. The molecule has 3 aromatic carbocycles. The van der Waals surface area contributed by atoms with E-state index in [0.29, 0.717) is 46.3 Å². The topological polar surface area (TPSA) is 212 Å². The predicted octanol–water partition coefficient (Wildman–Crippen LogP) is 9.20. The Hall–Kier alpha value is -7.10. The Kier molecular flexibility index (Phi) is 18.9. The van der Waals surface area contributed by atoms with Gasteiger partial charge in [0, 0.05) is 28.1 Å². The highest BCUT2D eigenvalue weighted by Crippen LogP contribution is 2.24. The van der Waals surface area contributed by atoms with Crippen molar-refractivity contribution in [2.45, 2.75) is 106 Å². The fourth-order valence-electron chi connectivity index (χ4n) is 6.12. The second-order valence-electron chi connectivity index (χ2n) is 17.5. The van der Waals surface area contributed by atoms with Crippen LogP contribution in [0.3, 0.4) is 0 Å². The summed E-state index contributed by atoms with van der Waals surface area (Å²) in [4.78, 5) is 78.3. The van der Waals surface area contributed by atoms with Crippen LogP contribution >= 0.6 is 0 Å². The summed E-state index contributed by atoms with van der Waals surface area (Å²) in [5, 5.41) is 15.2. The monoisotopic (exact) mass is 904 g/mol. The molecule has 0 bridgehead atoms. The van der Waals surface area contributed by atoms with Crippen molar-refractivity contribution in [1.82, 2.24) is 25.6 Å². The molecule has 0 saturated heterocycles. The minimum Gasteiger partial charge on any atom is -0.462 e. The molecule has 66 heavy (non-hydrogen) atoms. The molecule has 4 aromatic rings. The molecule has 352 valence electrons. The van der Waals surface area contributed by atoms with Gasteiger partial charge < -0.3 is 40.8 Å². The lowest BCUT2D eigenvalue weighted by atomic mass is 10.0. The summed E-state index contributed by atoms with van der Waals surface area (Å²) in [6, 6.07) is 20.6. The second kappa shape index (κ2) is 24.3. The van der Waals surface area contributed by atoms with Gasteiger partial charge in [-0.3, -0.25) is 9.59 Å². The molecule has 1 atom stereocenters. The number of anilines is 6. The highest BCUT2D eigenvalue weighted by atomic mass is 16.5. The lowest BCUT2D eigenvalue weighted by Crippen LogP contribution is -2.42. The molecule has 4 rings (SSSR count). The summed E-state index contributed by atoms with van der Waals surface area (Å²) in [6.07, 6.45) is 7.07. The van der Waals surface area contributed by atoms with Gasteiger partial charge in [0.05, 0.1) is 25.4 Å². The number of rotatable bonds is 21. The number of amides is 2. The first-order chi connectivity index (χ1) is 31.3. The van der Waals surface area contributed by atoms with Crippen molar-refractivity contribution in [3.05, 3.63) is 101 Å². The molecule has 0 aliphatic heterocycles. The number of unbranched alkanes of at least 4 members (excludes halogenated alkanes) is 1. The van der Waals surface area contributed by atoms with Crippen LogP contribution in [0.25, 0.3) is 12.2 Å². The lowest BCUT2D eigenvalue weighted by molar-refractivity contribution is -0.141. The van der Waals surface area contributed by atoms with Crippen LogP contribution in [0.1, 0.15) is 116 Å². The molecule has 1 unspecified atom stereocenters. The van der Waals surface area contributed by atoms with Crippen molar-refractivity contribution in [3.8, 4) is 0 Å². The van der Waals surface area contributed by atoms with Gasteiger partial charge in [0.2, 0.25) is 17.8 Å². The van der Waals surface area contributed by atoms with Crippen molar-refractivity contribution in [2.24, 2.45) is 5.92 Å². The molecule has 1 aromatic heterocycles. The molecular weight excluding hydrogens is 841 g/mol. The Bertz CT molecular complexity index is 2220.